The van der Waals surface area contributed by atoms with Gasteiger partial charge in [0.25, 0.3) is 0 Å². The standard InChI is InChI=1S/C14H14N2O5/c1-8-3-5-9(6-4-8)11-12(18)15-14(20)16(13(11)19)7-10(17)21-2/h3-6,11H,7H2,1-2H3,(H,15,18,20). The lowest BCUT2D eigenvalue weighted by molar-refractivity contribution is -0.148. The highest BCUT2D eigenvalue weighted by Gasteiger charge is 2.42. The van der Waals surface area contributed by atoms with Gasteiger partial charge < -0.3 is 4.74 Å². The maximum absolute atomic E-state index is 12.3. The van der Waals surface area contributed by atoms with Crippen LogP contribution in [0.15, 0.2) is 24.3 Å². The molecule has 7 nitrogen and oxygen atoms in total. The molecule has 4 amide bonds. The van der Waals surface area contributed by atoms with Gasteiger partial charge in [-0.25, -0.2) is 4.79 Å². The van der Waals surface area contributed by atoms with E-state index in [1.807, 2.05) is 6.92 Å². The lowest BCUT2D eigenvalue weighted by atomic mass is 9.94. The van der Waals surface area contributed by atoms with Crippen LogP contribution in [0.5, 0.6) is 0 Å². The first kappa shape index (κ1) is 14.7. The number of methoxy groups -OCH3 is 1. The fraction of sp³-hybridized carbons (Fsp3) is 0.286. The van der Waals surface area contributed by atoms with Crippen LogP contribution in [0.1, 0.15) is 17.0 Å². The number of hydrogen-bond donors (Lipinski definition) is 1. The summed E-state index contributed by atoms with van der Waals surface area (Å²) in [6.45, 7) is 1.34. The lowest BCUT2D eigenvalue weighted by Gasteiger charge is -2.29. The van der Waals surface area contributed by atoms with Gasteiger partial charge in [0.15, 0.2) is 0 Å². The number of carbonyl (C=O) groups is 4. The number of rotatable bonds is 3. The molecule has 1 unspecified atom stereocenters. The molecule has 0 bridgehead atoms. The monoisotopic (exact) mass is 290 g/mol. The third-order valence-electron chi connectivity index (χ3n) is 3.18. The van der Waals surface area contributed by atoms with E-state index < -0.39 is 36.3 Å². The molecule has 0 radical (unpaired) electrons. The van der Waals surface area contributed by atoms with E-state index in [-0.39, 0.29) is 0 Å². The minimum Gasteiger partial charge on any atom is -0.468 e. The third-order valence-corrected chi connectivity index (χ3v) is 3.18. The normalized spacial score (nSPS) is 18.5. The number of carbonyl (C=O) groups excluding carboxylic acids is 4. The van der Waals surface area contributed by atoms with E-state index in [4.69, 9.17) is 0 Å². The van der Waals surface area contributed by atoms with Gasteiger partial charge in [0, 0.05) is 0 Å². The third kappa shape index (κ3) is 2.91. The largest absolute Gasteiger partial charge is 0.468 e. The van der Waals surface area contributed by atoms with Crippen LogP contribution in [0.2, 0.25) is 0 Å². The van der Waals surface area contributed by atoms with E-state index in [1.165, 1.54) is 0 Å². The molecule has 2 rings (SSSR count). The van der Waals surface area contributed by atoms with Crippen molar-refractivity contribution < 1.29 is 23.9 Å². The Hall–Kier alpha value is -2.70. The summed E-state index contributed by atoms with van der Waals surface area (Å²) in [5.41, 5.74) is 1.44. The molecular formula is C14H14N2O5. The van der Waals surface area contributed by atoms with Crippen LogP contribution in [0.4, 0.5) is 4.79 Å². The molecule has 110 valence electrons. The minimum atomic E-state index is -1.15. The molecule has 0 saturated carbocycles. The van der Waals surface area contributed by atoms with E-state index in [2.05, 4.69) is 10.1 Å². The molecule has 0 aliphatic carbocycles. The Morgan fingerprint density at radius 2 is 1.86 bits per heavy atom. The van der Waals surface area contributed by atoms with Gasteiger partial charge in [-0.1, -0.05) is 29.8 Å². The first-order valence-electron chi connectivity index (χ1n) is 6.23. The Balaban J connectivity index is 2.30. The van der Waals surface area contributed by atoms with Gasteiger partial charge in [0.05, 0.1) is 7.11 Å². The summed E-state index contributed by atoms with van der Waals surface area (Å²) in [5.74, 6) is -3.32. The number of nitrogens with zero attached hydrogens (tertiary/aromatic N) is 1. The van der Waals surface area contributed by atoms with E-state index in [0.29, 0.717) is 10.5 Å². The number of barbiturate groups is 1. The summed E-state index contributed by atoms with van der Waals surface area (Å²) in [6, 6.07) is 5.89. The first-order valence-corrected chi connectivity index (χ1v) is 6.23. The number of esters is 1. The van der Waals surface area contributed by atoms with Gasteiger partial charge in [-0.2, -0.15) is 0 Å². The SMILES string of the molecule is COC(=O)CN1C(=O)NC(=O)C(c2ccc(C)cc2)C1=O. The second kappa shape index (κ2) is 5.74. The average Bonchev–Trinajstić information content (AvgIpc) is 2.45. The van der Waals surface area contributed by atoms with Crippen LogP contribution in [0, 0.1) is 6.92 Å². The second-order valence-corrected chi connectivity index (χ2v) is 4.64. The number of urea groups is 1. The minimum absolute atomic E-state index is 0.463. The van der Waals surface area contributed by atoms with Crippen LogP contribution >= 0.6 is 0 Å². The van der Waals surface area contributed by atoms with Gasteiger partial charge in [-0.15, -0.1) is 0 Å². The van der Waals surface area contributed by atoms with Crippen molar-refractivity contribution in [3.63, 3.8) is 0 Å². The van der Waals surface area contributed by atoms with Crippen molar-refractivity contribution in [2.75, 3.05) is 13.7 Å². The highest BCUT2D eigenvalue weighted by Crippen LogP contribution is 2.23. The molecule has 1 aromatic rings. The topological polar surface area (TPSA) is 92.8 Å². The lowest BCUT2D eigenvalue weighted by Crippen LogP contribution is -2.58. The fourth-order valence-electron chi connectivity index (χ4n) is 2.01. The smallest absolute Gasteiger partial charge is 0.331 e. The maximum Gasteiger partial charge on any atom is 0.331 e. The predicted molar refractivity (Wildman–Crippen MR) is 71.2 cm³/mol. The van der Waals surface area contributed by atoms with E-state index in [0.717, 1.165) is 12.7 Å². The number of benzene rings is 1. The number of nitrogens with one attached hydrogen (secondary N) is 1. The zero-order valence-electron chi connectivity index (χ0n) is 11.6. The number of hydrogen-bond acceptors (Lipinski definition) is 5. The van der Waals surface area contributed by atoms with Crippen molar-refractivity contribution in [3.8, 4) is 0 Å². The summed E-state index contributed by atoms with van der Waals surface area (Å²) in [6.07, 6.45) is 0. The van der Waals surface area contributed by atoms with Crippen LogP contribution in [0.25, 0.3) is 0 Å². The molecule has 0 aromatic heterocycles. The Bertz CT molecular complexity index is 608. The summed E-state index contributed by atoms with van der Waals surface area (Å²) in [5, 5.41) is 2.07. The van der Waals surface area contributed by atoms with Crippen molar-refractivity contribution in [1.29, 1.82) is 0 Å². The van der Waals surface area contributed by atoms with Crippen LogP contribution < -0.4 is 5.32 Å². The van der Waals surface area contributed by atoms with Crippen LogP contribution in [-0.2, 0) is 19.1 Å². The van der Waals surface area contributed by atoms with E-state index in [1.54, 1.807) is 24.3 Å². The molecule has 1 aliphatic heterocycles. The summed E-state index contributed by atoms with van der Waals surface area (Å²) < 4.78 is 4.44. The molecular weight excluding hydrogens is 276 g/mol. The van der Waals surface area contributed by atoms with Gasteiger partial charge in [-0.05, 0) is 12.5 Å². The molecule has 1 heterocycles. The number of aryl methyl sites for hydroxylation is 1. The van der Waals surface area contributed by atoms with Crippen molar-refractivity contribution in [3.05, 3.63) is 35.4 Å². The van der Waals surface area contributed by atoms with E-state index >= 15 is 0 Å². The molecule has 7 heteroatoms. The molecule has 1 N–H and O–H groups in total. The average molecular weight is 290 g/mol. The quantitative estimate of drug-likeness (QED) is 0.639. The van der Waals surface area contributed by atoms with Gasteiger partial charge in [-0.3, -0.25) is 24.6 Å². The van der Waals surface area contributed by atoms with Crippen molar-refractivity contribution >= 4 is 23.8 Å². The molecule has 1 fully saturated rings. The molecule has 21 heavy (non-hydrogen) atoms. The summed E-state index contributed by atoms with van der Waals surface area (Å²) in [4.78, 5) is 47.8. The second-order valence-electron chi connectivity index (χ2n) is 4.64. The molecule has 1 atom stereocenters. The van der Waals surface area contributed by atoms with Crippen molar-refractivity contribution in [1.82, 2.24) is 10.2 Å². The zero-order chi connectivity index (χ0) is 15.6. The Labute approximate surface area is 120 Å². The van der Waals surface area contributed by atoms with Gasteiger partial charge in [0.1, 0.15) is 12.5 Å². The molecule has 0 spiro atoms. The van der Waals surface area contributed by atoms with Crippen molar-refractivity contribution in [2.45, 2.75) is 12.8 Å². The Kier molecular flexibility index (Phi) is 4.02. The summed E-state index contributed by atoms with van der Waals surface area (Å²) in [7, 11) is 1.15. The molecule has 1 saturated heterocycles. The number of imide groups is 2. The highest BCUT2D eigenvalue weighted by molar-refractivity contribution is 6.20. The Morgan fingerprint density at radius 1 is 1.24 bits per heavy atom. The van der Waals surface area contributed by atoms with Crippen LogP contribution in [-0.4, -0.2) is 42.4 Å². The fourth-order valence-corrected chi connectivity index (χ4v) is 2.01. The predicted octanol–water partition coefficient (Wildman–Crippen LogP) is 0.330. The van der Waals surface area contributed by atoms with Crippen LogP contribution in [0.3, 0.4) is 0 Å². The number of amides is 4. The van der Waals surface area contributed by atoms with Crippen molar-refractivity contribution in [2.24, 2.45) is 0 Å². The zero-order valence-corrected chi connectivity index (χ0v) is 11.6. The van der Waals surface area contributed by atoms with Gasteiger partial charge in [0.2, 0.25) is 11.8 Å². The maximum atomic E-state index is 12.3. The number of ether oxygens (including phenoxy) is 1. The summed E-state index contributed by atoms with van der Waals surface area (Å²) >= 11 is 0. The Morgan fingerprint density at radius 3 is 2.43 bits per heavy atom. The first-order chi connectivity index (χ1) is 9.93. The van der Waals surface area contributed by atoms with Gasteiger partial charge >= 0.3 is 12.0 Å². The molecule has 1 aromatic carbocycles. The highest BCUT2D eigenvalue weighted by atomic mass is 16.5. The molecule has 1 aliphatic rings. The van der Waals surface area contributed by atoms with E-state index in [9.17, 15) is 19.2 Å².